The first-order chi connectivity index (χ1) is 13.1. The van der Waals surface area contributed by atoms with E-state index in [1.165, 1.54) is 6.42 Å². The fourth-order valence-electron chi connectivity index (χ4n) is 3.84. The molecule has 7 heteroatoms. The molecule has 2 aliphatic rings. The summed E-state index contributed by atoms with van der Waals surface area (Å²) in [5, 5.41) is 3.46. The van der Waals surface area contributed by atoms with Gasteiger partial charge < -0.3 is 15.1 Å². The van der Waals surface area contributed by atoms with Gasteiger partial charge in [0.2, 0.25) is 5.91 Å². The number of anilines is 1. The third-order valence-electron chi connectivity index (χ3n) is 5.35. The van der Waals surface area contributed by atoms with Gasteiger partial charge in [-0.1, -0.05) is 18.5 Å². The number of carbonyl (C=O) groups excluding carboxylic acids is 2. The monoisotopic (exact) mass is 392 g/mol. The van der Waals surface area contributed by atoms with Gasteiger partial charge in [-0.05, 0) is 44.6 Å². The molecule has 1 aromatic heterocycles. The van der Waals surface area contributed by atoms with E-state index in [1.54, 1.807) is 12.3 Å². The van der Waals surface area contributed by atoms with E-state index in [0.717, 1.165) is 51.7 Å². The number of nitrogens with zero attached hydrogens (tertiary/aromatic N) is 3. The van der Waals surface area contributed by atoms with Crippen LogP contribution in [0.4, 0.5) is 5.82 Å². The molecular formula is C20H29ClN4O2. The van der Waals surface area contributed by atoms with E-state index < -0.39 is 0 Å². The maximum atomic E-state index is 12.6. The van der Waals surface area contributed by atoms with Crippen LogP contribution in [0.15, 0.2) is 12.3 Å². The van der Waals surface area contributed by atoms with Crippen molar-refractivity contribution in [2.45, 2.75) is 45.4 Å². The summed E-state index contributed by atoms with van der Waals surface area (Å²) in [4.78, 5) is 33.4. The average molecular weight is 393 g/mol. The summed E-state index contributed by atoms with van der Waals surface area (Å²) in [6.07, 6.45) is 7.66. The van der Waals surface area contributed by atoms with Crippen LogP contribution in [-0.2, 0) is 4.79 Å². The van der Waals surface area contributed by atoms with Crippen LogP contribution in [-0.4, -0.2) is 54.4 Å². The molecule has 3 rings (SSSR count). The highest BCUT2D eigenvalue weighted by atomic mass is 35.5. The fraction of sp³-hybridized carbons (Fsp3) is 0.650. The number of hydrogen-bond acceptors (Lipinski definition) is 4. The van der Waals surface area contributed by atoms with Crippen LogP contribution >= 0.6 is 11.6 Å². The Hall–Kier alpha value is -1.82. The lowest BCUT2D eigenvalue weighted by Gasteiger charge is -2.33. The van der Waals surface area contributed by atoms with Gasteiger partial charge in [-0.3, -0.25) is 9.59 Å². The second kappa shape index (κ2) is 9.40. The molecule has 0 bridgehead atoms. The van der Waals surface area contributed by atoms with Gasteiger partial charge in [-0.25, -0.2) is 4.98 Å². The summed E-state index contributed by atoms with van der Waals surface area (Å²) in [6, 6.07) is 1.72. The normalized spacial score (nSPS) is 20.4. The lowest BCUT2D eigenvalue weighted by molar-refractivity contribution is -0.125. The molecule has 1 atom stereocenters. The van der Waals surface area contributed by atoms with Gasteiger partial charge >= 0.3 is 0 Å². The Kier molecular flexibility index (Phi) is 6.94. The van der Waals surface area contributed by atoms with Crippen LogP contribution in [0.1, 0.15) is 55.8 Å². The first-order valence-electron chi connectivity index (χ1n) is 10.1. The van der Waals surface area contributed by atoms with Crippen molar-refractivity contribution >= 4 is 29.2 Å². The van der Waals surface area contributed by atoms with Crippen LogP contribution in [0, 0.1) is 5.92 Å². The Balaban J connectivity index is 1.67. The van der Waals surface area contributed by atoms with Crippen LogP contribution in [0.5, 0.6) is 0 Å². The number of pyridine rings is 1. The van der Waals surface area contributed by atoms with Crippen molar-refractivity contribution in [2.24, 2.45) is 5.92 Å². The number of piperidine rings is 2. The van der Waals surface area contributed by atoms with Gasteiger partial charge in [-0.2, -0.15) is 0 Å². The van der Waals surface area contributed by atoms with E-state index in [1.807, 2.05) is 11.8 Å². The average Bonchev–Trinajstić information content (AvgIpc) is 2.72. The first-order valence-corrected chi connectivity index (χ1v) is 10.5. The van der Waals surface area contributed by atoms with Crippen molar-refractivity contribution in [3.05, 3.63) is 22.8 Å². The number of carbonyl (C=O) groups is 2. The zero-order chi connectivity index (χ0) is 19.2. The molecule has 3 heterocycles. The summed E-state index contributed by atoms with van der Waals surface area (Å²) < 4.78 is 0. The van der Waals surface area contributed by atoms with Gasteiger partial charge in [0.25, 0.3) is 5.91 Å². The standard InChI is InChI=1S/C20H29ClN4O2/c1-2-8-22-19(26)15-7-6-11-25(14-15)18-17(21)12-16(13-23-18)20(27)24-9-4-3-5-10-24/h12-13,15H,2-11,14H2,1H3,(H,22,26). The highest BCUT2D eigenvalue weighted by molar-refractivity contribution is 6.33. The van der Waals surface area contributed by atoms with E-state index in [0.29, 0.717) is 29.5 Å². The molecule has 0 saturated carbocycles. The highest BCUT2D eigenvalue weighted by Gasteiger charge is 2.28. The molecule has 1 N–H and O–H groups in total. The van der Waals surface area contributed by atoms with Gasteiger partial charge in [-0.15, -0.1) is 0 Å². The number of hydrogen-bond donors (Lipinski definition) is 1. The quantitative estimate of drug-likeness (QED) is 0.836. The Morgan fingerprint density at radius 2 is 2.00 bits per heavy atom. The molecule has 2 aliphatic heterocycles. The van der Waals surface area contributed by atoms with E-state index >= 15 is 0 Å². The molecular weight excluding hydrogens is 364 g/mol. The van der Waals surface area contributed by atoms with Crippen LogP contribution in [0.25, 0.3) is 0 Å². The second-order valence-corrected chi connectivity index (χ2v) is 7.87. The van der Waals surface area contributed by atoms with Crippen molar-refractivity contribution in [3.63, 3.8) is 0 Å². The molecule has 2 fully saturated rings. The van der Waals surface area contributed by atoms with Gasteiger partial charge in [0.15, 0.2) is 0 Å². The number of halogens is 1. The van der Waals surface area contributed by atoms with Crippen molar-refractivity contribution < 1.29 is 9.59 Å². The molecule has 2 amide bonds. The smallest absolute Gasteiger partial charge is 0.255 e. The molecule has 0 radical (unpaired) electrons. The lowest BCUT2D eigenvalue weighted by Crippen LogP contribution is -2.43. The van der Waals surface area contributed by atoms with E-state index in [2.05, 4.69) is 15.2 Å². The maximum Gasteiger partial charge on any atom is 0.255 e. The Morgan fingerprint density at radius 3 is 2.70 bits per heavy atom. The summed E-state index contributed by atoms with van der Waals surface area (Å²) in [7, 11) is 0. The summed E-state index contributed by atoms with van der Waals surface area (Å²) in [5.74, 6) is 0.735. The number of amides is 2. The molecule has 0 spiro atoms. The Bertz CT molecular complexity index is 676. The van der Waals surface area contributed by atoms with Crippen molar-refractivity contribution in [2.75, 3.05) is 37.6 Å². The third-order valence-corrected chi connectivity index (χ3v) is 5.63. The van der Waals surface area contributed by atoms with Gasteiger partial charge in [0.05, 0.1) is 16.5 Å². The molecule has 1 unspecified atom stereocenters. The zero-order valence-corrected chi connectivity index (χ0v) is 16.8. The van der Waals surface area contributed by atoms with E-state index in [9.17, 15) is 9.59 Å². The Morgan fingerprint density at radius 1 is 1.22 bits per heavy atom. The largest absolute Gasteiger partial charge is 0.356 e. The Labute approximate surface area is 166 Å². The van der Waals surface area contributed by atoms with E-state index in [-0.39, 0.29) is 17.7 Å². The summed E-state index contributed by atoms with van der Waals surface area (Å²) in [6.45, 7) is 5.80. The predicted molar refractivity (Wildman–Crippen MR) is 107 cm³/mol. The van der Waals surface area contributed by atoms with Gasteiger partial charge in [0.1, 0.15) is 5.82 Å². The fourth-order valence-corrected chi connectivity index (χ4v) is 4.12. The minimum atomic E-state index is -0.0437. The number of aromatic nitrogens is 1. The van der Waals surface area contributed by atoms with Crippen LogP contribution in [0.3, 0.4) is 0 Å². The van der Waals surface area contributed by atoms with Crippen molar-refractivity contribution in [3.8, 4) is 0 Å². The first kappa shape index (κ1) is 19.9. The minimum Gasteiger partial charge on any atom is -0.356 e. The summed E-state index contributed by atoms with van der Waals surface area (Å²) >= 11 is 6.48. The second-order valence-electron chi connectivity index (χ2n) is 7.46. The highest BCUT2D eigenvalue weighted by Crippen LogP contribution is 2.29. The predicted octanol–water partition coefficient (Wildman–Crippen LogP) is 3.10. The molecule has 6 nitrogen and oxygen atoms in total. The molecule has 1 aromatic rings. The summed E-state index contributed by atoms with van der Waals surface area (Å²) in [5.41, 5.74) is 0.542. The number of likely N-dealkylation sites (tertiary alicyclic amines) is 1. The van der Waals surface area contributed by atoms with Crippen molar-refractivity contribution in [1.82, 2.24) is 15.2 Å². The van der Waals surface area contributed by atoms with E-state index in [4.69, 9.17) is 11.6 Å². The maximum absolute atomic E-state index is 12.6. The molecule has 27 heavy (non-hydrogen) atoms. The molecule has 0 aliphatic carbocycles. The number of rotatable bonds is 5. The minimum absolute atomic E-state index is 0.00566. The van der Waals surface area contributed by atoms with Crippen molar-refractivity contribution in [1.29, 1.82) is 0 Å². The lowest BCUT2D eigenvalue weighted by atomic mass is 9.97. The third kappa shape index (κ3) is 4.92. The van der Waals surface area contributed by atoms with Gasteiger partial charge in [0, 0.05) is 38.9 Å². The number of nitrogens with one attached hydrogen (secondary N) is 1. The zero-order valence-electron chi connectivity index (χ0n) is 16.0. The molecule has 148 valence electrons. The van der Waals surface area contributed by atoms with Crippen LogP contribution < -0.4 is 10.2 Å². The molecule has 2 saturated heterocycles. The van der Waals surface area contributed by atoms with Crippen LogP contribution in [0.2, 0.25) is 5.02 Å². The SMILES string of the molecule is CCCNC(=O)C1CCCN(c2ncc(C(=O)N3CCCCC3)cc2Cl)C1. The topological polar surface area (TPSA) is 65.5 Å². The molecule has 0 aromatic carbocycles.